The molecule has 5 nitrogen and oxygen atoms in total. The largest absolute Gasteiger partial charge is 0.304 e. The lowest BCUT2D eigenvalue weighted by Crippen LogP contribution is -2.33. The SMILES string of the molecule is CC(Cn1cccn1)NC(C)c1ccnn1C. The van der Waals surface area contributed by atoms with Crippen molar-refractivity contribution in [1.82, 2.24) is 24.9 Å². The molecule has 0 spiro atoms. The number of nitrogens with one attached hydrogen (secondary N) is 1. The molecule has 0 saturated carbocycles. The van der Waals surface area contributed by atoms with Crippen LogP contribution in [0.25, 0.3) is 0 Å². The highest BCUT2D eigenvalue weighted by Gasteiger charge is 2.12. The van der Waals surface area contributed by atoms with Gasteiger partial charge in [-0.05, 0) is 26.0 Å². The Bertz CT molecular complexity index is 445. The molecule has 0 aliphatic rings. The summed E-state index contributed by atoms with van der Waals surface area (Å²) in [5, 5.41) is 11.9. The first-order chi connectivity index (χ1) is 8.16. The molecule has 0 saturated heterocycles. The highest BCUT2D eigenvalue weighted by molar-refractivity contribution is 5.05. The van der Waals surface area contributed by atoms with Gasteiger partial charge in [0, 0.05) is 37.7 Å². The molecule has 2 heterocycles. The fraction of sp³-hybridized carbons (Fsp3) is 0.500. The predicted octanol–water partition coefficient (Wildman–Crippen LogP) is 1.36. The van der Waals surface area contributed by atoms with E-state index in [1.165, 1.54) is 5.69 Å². The Kier molecular flexibility index (Phi) is 3.58. The van der Waals surface area contributed by atoms with Crippen molar-refractivity contribution in [2.75, 3.05) is 0 Å². The topological polar surface area (TPSA) is 47.7 Å². The summed E-state index contributed by atoms with van der Waals surface area (Å²) >= 11 is 0. The van der Waals surface area contributed by atoms with Crippen molar-refractivity contribution in [2.24, 2.45) is 7.05 Å². The highest BCUT2D eigenvalue weighted by Crippen LogP contribution is 2.11. The summed E-state index contributed by atoms with van der Waals surface area (Å²) in [4.78, 5) is 0. The van der Waals surface area contributed by atoms with Crippen molar-refractivity contribution < 1.29 is 0 Å². The monoisotopic (exact) mass is 233 g/mol. The molecule has 2 atom stereocenters. The Morgan fingerprint density at radius 1 is 1.29 bits per heavy atom. The van der Waals surface area contributed by atoms with E-state index in [9.17, 15) is 0 Å². The van der Waals surface area contributed by atoms with Gasteiger partial charge in [-0.25, -0.2) is 0 Å². The van der Waals surface area contributed by atoms with Crippen LogP contribution in [0.5, 0.6) is 0 Å². The number of aromatic nitrogens is 4. The third kappa shape index (κ3) is 2.94. The van der Waals surface area contributed by atoms with Crippen molar-refractivity contribution >= 4 is 0 Å². The molecule has 0 bridgehead atoms. The quantitative estimate of drug-likeness (QED) is 0.848. The zero-order chi connectivity index (χ0) is 12.3. The summed E-state index contributed by atoms with van der Waals surface area (Å²) in [6.45, 7) is 5.18. The van der Waals surface area contributed by atoms with Crippen LogP contribution in [0, 0.1) is 0 Å². The van der Waals surface area contributed by atoms with E-state index in [4.69, 9.17) is 0 Å². The van der Waals surface area contributed by atoms with Crippen LogP contribution in [0.1, 0.15) is 25.6 Å². The van der Waals surface area contributed by atoms with E-state index in [0.717, 1.165) is 6.54 Å². The maximum atomic E-state index is 4.20. The summed E-state index contributed by atoms with van der Waals surface area (Å²) in [6, 6.07) is 4.63. The molecule has 92 valence electrons. The summed E-state index contributed by atoms with van der Waals surface area (Å²) in [5.41, 5.74) is 1.19. The lowest BCUT2D eigenvalue weighted by atomic mass is 10.2. The lowest BCUT2D eigenvalue weighted by Gasteiger charge is -2.20. The van der Waals surface area contributed by atoms with E-state index in [-0.39, 0.29) is 6.04 Å². The molecule has 0 radical (unpaired) electrons. The van der Waals surface area contributed by atoms with Crippen molar-refractivity contribution in [3.05, 3.63) is 36.4 Å². The van der Waals surface area contributed by atoms with Crippen LogP contribution in [-0.2, 0) is 13.6 Å². The molecule has 0 amide bonds. The molecule has 1 N–H and O–H groups in total. The van der Waals surface area contributed by atoms with Gasteiger partial charge in [-0.2, -0.15) is 10.2 Å². The molecule has 2 unspecified atom stereocenters. The summed E-state index contributed by atoms with van der Waals surface area (Å²) in [5.74, 6) is 0. The average molecular weight is 233 g/mol. The molecule has 2 aromatic heterocycles. The molecular formula is C12H19N5. The Hall–Kier alpha value is -1.62. The Morgan fingerprint density at radius 2 is 2.12 bits per heavy atom. The molecule has 0 aliphatic carbocycles. The minimum absolute atomic E-state index is 0.285. The second-order valence-corrected chi connectivity index (χ2v) is 4.40. The van der Waals surface area contributed by atoms with Crippen LogP contribution in [0.3, 0.4) is 0 Å². The van der Waals surface area contributed by atoms with E-state index in [0.29, 0.717) is 6.04 Å². The van der Waals surface area contributed by atoms with Crippen molar-refractivity contribution in [2.45, 2.75) is 32.5 Å². The third-order valence-electron chi connectivity index (χ3n) is 2.86. The van der Waals surface area contributed by atoms with Crippen LogP contribution in [0.2, 0.25) is 0 Å². The molecule has 5 heteroatoms. The van der Waals surface area contributed by atoms with Crippen LogP contribution < -0.4 is 5.32 Å². The van der Waals surface area contributed by atoms with Crippen LogP contribution in [0.4, 0.5) is 0 Å². The molecule has 2 rings (SSSR count). The van der Waals surface area contributed by atoms with E-state index in [1.807, 2.05) is 40.9 Å². The zero-order valence-corrected chi connectivity index (χ0v) is 10.5. The van der Waals surface area contributed by atoms with Gasteiger partial charge < -0.3 is 5.32 Å². The minimum atomic E-state index is 0.285. The standard InChI is InChI=1S/C12H19N5/c1-10(9-17-8-4-6-14-17)15-11(2)12-5-7-13-16(12)3/h4-8,10-11,15H,9H2,1-3H3. The highest BCUT2D eigenvalue weighted by atomic mass is 15.3. The smallest absolute Gasteiger partial charge is 0.0560 e. The number of rotatable bonds is 5. The van der Waals surface area contributed by atoms with Crippen LogP contribution in [-0.4, -0.2) is 25.6 Å². The maximum absolute atomic E-state index is 4.20. The van der Waals surface area contributed by atoms with E-state index < -0.39 is 0 Å². The Balaban J connectivity index is 1.90. The molecule has 0 aromatic carbocycles. The first-order valence-corrected chi connectivity index (χ1v) is 5.88. The van der Waals surface area contributed by atoms with Crippen LogP contribution in [0.15, 0.2) is 30.7 Å². The second-order valence-electron chi connectivity index (χ2n) is 4.40. The van der Waals surface area contributed by atoms with E-state index in [1.54, 1.807) is 6.20 Å². The van der Waals surface area contributed by atoms with Gasteiger partial charge in [0.25, 0.3) is 0 Å². The molecule has 17 heavy (non-hydrogen) atoms. The first-order valence-electron chi connectivity index (χ1n) is 5.88. The van der Waals surface area contributed by atoms with E-state index in [2.05, 4.69) is 29.4 Å². The average Bonchev–Trinajstić information content (AvgIpc) is 2.88. The fourth-order valence-electron chi connectivity index (χ4n) is 2.06. The van der Waals surface area contributed by atoms with Crippen molar-refractivity contribution in [3.63, 3.8) is 0 Å². The normalized spacial score (nSPS) is 14.8. The van der Waals surface area contributed by atoms with Gasteiger partial charge >= 0.3 is 0 Å². The summed E-state index contributed by atoms with van der Waals surface area (Å²) in [7, 11) is 1.96. The van der Waals surface area contributed by atoms with Crippen LogP contribution >= 0.6 is 0 Å². The maximum Gasteiger partial charge on any atom is 0.0560 e. The second kappa shape index (κ2) is 5.14. The first kappa shape index (κ1) is 11.9. The summed E-state index contributed by atoms with van der Waals surface area (Å²) in [6.07, 6.45) is 5.61. The van der Waals surface area contributed by atoms with Crippen molar-refractivity contribution in [3.8, 4) is 0 Å². The number of aryl methyl sites for hydroxylation is 1. The molecule has 0 fully saturated rings. The Morgan fingerprint density at radius 3 is 2.71 bits per heavy atom. The number of nitrogens with zero attached hydrogens (tertiary/aromatic N) is 4. The molecule has 0 aliphatic heterocycles. The van der Waals surface area contributed by atoms with E-state index >= 15 is 0 Å². The van der Waals surface area contributed by atoms with Gasteiger partial charge in [-0.3, -0.25) is 9.36 Å². The van der Waals surface area contributed by atoms with Gasteiger partial charge in [0.05, 0.1) is 12.2 Å². The minimum Gasteiger partial charge on any atom is -0.304 e. The molecule has 2 aromatic rings. The van der Waals surface area contributed by atoms with Crippen molar-refractivity contribution in [1.29, 1.82) is 0 Å². The van der Waals surface area contributed by atoms with Gasteiger partial charge in [-0.1, -0.05) is 0 Å². The molecular weight excluding hydrogens is 214 g/mol. The number of hydrogen-bond donors (Lipinski definition) is 1. The lowest BCUT2D eigenvalue weighted by molar-refractivity contribution is 0.402. The van der Waals surface area contributed by atoms with Gasteiger partial charge in [0.2, 0.25) is 0 Å². The van der Waals surface area contributed by atoms with Gasteiger partial charge in [0.1, 0.15) is 0 Å². The van der Waals surface area contributed by atoms with Gasteiger partial charge in [-0.15, -0.1) is 0 Å². The fourth-order valence-corrected chi connectivity index (χ4v) is 2.06. The summed E-state index contributed by atoms with van der Waals surface area (Å²) < 4.78 is 3.84. The predicted molar refractivity (Wildman–Crippen MR) is 66.4 cm³/mol. The third-order valence-corrected chi connectivity index (χ3v) is 2.86. The Labute approximate surface area is 101 Å². The van der Waals surface area contributed by atoms with Gasteiger partial charge in [0.15, 0.2) is 0 Å². The number of hydrogen-bond acceptors (Lipinski definition) is 3. The zero-order valence-electron chi connectivity index (χ0n) is 10.5.